The van der Waals surface area contributed by atoms with Crippen LogP contribution in [0.2, 0.25) is 0 Å². The monoisotopic (exact) mass is 381 g/mol. The molecule has 0 spiro atoms. The molecule has 0 atom stereocenters. The first-order valence-corrected chi connectivity index (χ1v) is 9.39. The van der Waals surface area contributed by atoms with Crippen molar-refractivity contribution in [2.75, 3.05) is 0 Å². The van der Waals surface area contributed by atoms with E-state index in [0.29, 0.717) is 29.9 Å². The van der Waals surface area contributed by atoms with Gasteiger partial charge in [0.25, 0.3) is 0 Å². The Balaban J connectivity index is 1.62. The van der Waals surface area contributed by atoms with E-state index in [1.165, 1.54) is 0 Å². The lowest BCUT2D eigenvalue weighted by atomic mass is 10.2. The molecule has 138 valence electrons. The maximum absolute atomic E-state index is 12.3. The molecule has 6 nitrogen and oxygen atoms in total. The Morgan fingerprint density at radius 2 is 1.78 bits per heavy atom. The Labute approximate surface area is 162 Å². The summed E-state index contributed by atoms with van der Waals surface area (Å²) in [5.74, 6) is 0. The quantitative estimate of drug-likeness (QED) is 0.507. The summed E-state index contributed by atoms with van der Waals surface area (Å²) in [6, 6.07) is 20.1. The van der Waals surface area contributed by atoms with E-state index in [4.69, 9.17) is 16.7 Å². The molecular weight excluding hydrogens is 360 g/mol. The zero-order valence-electron chi connectivity index (χ0n) is 14.8. The number of para-hydroxylation sites is 1. The topological polar surface area (TPSA) is 65.2 Å². The van der Waals surface area contributed by atoms with Gasteiger partial charge in [-0.25, -0.2) is 4.79 Å². The number of benzene rings is 2. The summed E-state index contributed by atoms with van der Waals surface area (Å²) in [5, 5.41) is 6.72. The molecule has 1 aromatic heterocycles. The third-order valence-corrected chi connectivity index (χ3v) is 4.87. The van der Waals surface area contributed by atoms with Gasteiger partial charge in [-0.05, 0) is 40.6 Å². The van der Waals surface area contributed by atoms with Crippen molar-refractivity contribution < 1.29 is 9.20 Å². The van der Waals surface area contributed by atoms with Gasteiger partial charge < -0.3 is 10.2 Å². The van der Waals surface area contributed by atoms with Crippen LogP contribution >= 0.6 is 12.2 Å². The van der Waals surface area contributed by atoms with Crippen molar-refractivity contribution in [1.29, 1.82) is 0 Å². The minimum atomic E-state index is -0.397. The van der Waals surface area contributed by atoms with E-state index >= 15 is 0 Å². The summed E-state index contributed by atoms with van der Waals surface area (Å²) in [7, 11) is 0. The summed E-state index contributed by atoms with van der Waals surface area (Å²) in [4.78, 5) is 14.4. The number of aromatic nitrogens is 2. The zero-order chi connectivity index (χ0) is 18.6. The van der Waals surface area contributed by atoms with Gasteiger partial charge in [-0.15, -0.1) is 0 Å². The highest BCUT2D eigenvalue weighted by Crippen LogP contribution is 2.19. The van der Waals surface area contributed by atoms with Crippen molar-refractivity contribution in [2.24, 2.45) is 0 Å². The van der Waals surface area contributed by atoms with Crippen molar-refractivity contribution in [2.45, 2.75) is 32.0 Å². The number of H-pyrrole nitrogens is 1. The van der Waals surface area contributed by atoms with Crippen LogP contribution in [-0.2, 0) is 13.1 Å². The van der Waals surface area contributed by atoms with Gasteiger partial charge in [0, 0.05) is 24.7 Å². The van der Waals surface area contributed by atoms with E-state index in [1.807, 2.05) is 53.4 Å². The van der Waals surface area contributed by atoms with E-state index in [1.54, 1.807) is 4.68 Å². The fourth-order valence-corrected chi connectivity index (χ4v) is 3.19. The highest BCUT2D eigenvalue weighted by molar-refractivity contribution is 7.80. The standard InChI is InChI=1S/C20H20N4O2S/c25-19-18(24(22-26-19)17-9-5-2-6-10-17)14-23(20(27)21-16-11-12-16)13-15-7-3-1-4-8-15/h1-10,16H,11-14H2,(H-,21,22,25,27)/p+1. The van der Waals surface area contributed by atoms with E-state index in [-0.39, 0.29) is 0 Å². The normalized spacial score (nSPS) is 13.3. The van der Waals surface area contributed by atoms with Crippen molar-refractivity contribution in [3.8, 4) is 5.69 Å². The van der Waals surface area contributed by atoms with Crippen LogP contribution in [0.1, 0.15) is 24.1 Å². The average molecular weight is 381 g/mol. The van der Waals surface area contributed by atoms with Crippen LogP contribution in [0.3, 0.4) is 0 Å². The fourth-order valence-electron chi connectivity index (χ4n) is 2.89. The van der Waals surface area contributed by atoms with Gasteiger partial charge in [0.1, 0.15) is 6.54 Å². The maximum Gasteiger partial charge on any atom is 0.432 e. The molecule has 4 rings (SSSR count). The van der Waals surface area contributed by atoms with E-state index in [2.05, 4.69) is 22.7 Å². The number of hydrogen-bond acceptors (Lipinski definition) is 3. The van der Waals surface area contributed by atoms with Crippen LogP contribution in [0.4, 0.5) is 0 Å². The molecule has 2 N–H and O–H groups in total. The first-order chi connectivity index (χ1) is 13.2. The first-order valence-electron chi connectivity index (χ1n) is 8.98. The zero-order valence-corrected chi connectivity index (χ0v) is 15.6. The summed E-state index contributed by atoms with van der Waals surface area (Å²) in [5.41, 5.74) is 2.06. The predicted octanol–water partition coefficient (Wildman–Crippen LogP) is 2.28. The lowest BCUT2D eigenvalue weighted by molar-refractivity contribution is -0.678. The van der Waals surface area contributed by atoms with Crippen molar-refractivity contribution in [1.82, 2.24) is 15.5 Å². The first kappa shape index (κ1) is 17.5. The molecule has 0 aliphatic heterocycles. The molecule has 0 amide bonds. The molecule has 2 aromatic carbocycles. The van der Waals surface area contributed by atoms with E-state index in [9.17, 15) is 4.79 Å². The third kappa shape index (κ3) is 4.25. The van der Waals surface area contributed by atoms with Crippen LogP contribution in [0, 0.1) is 0 Å². The predicted molar refractivity (Wildman–Crippen MR) is 105 cm³/mol. The highest BCUT2D eigenvalue weighted by Gasteiger charge is 2.29. The van der Waals surface area contributed by atoms with Crippen molar-refractivity contribution >= 4 is 17.3 Å². The summed E-state index contributed by atoms with van der Waals surface area (Å²) in [6.45, 7) is 0.951. The average Bonchev–Trinajstić information content (AvgIpc) is 3.44. The highest BCUT2D eigenvalue weighted by atomic mass is 32.1. The Kier molecular flexibility index (Phi) is 5.02. The van der Waals surface area contributed by atoms with Gasteiger partial charge in [0.15, 0.2) is 5.11 Å². The fraction of sp³-hybridized carbons (Fsp3) is 0.250. The third-order valence-electron chi connectivity index (χ3n) is 4.50. The molecule has 0 unspecified atom stereocenters. The van der Waals surface area contributed by atoms with Gasteiger partial charge in [-0.1, -0.05) is 48.5 Å². The van der Waals surface area contributed by atoms with Gasteiger partial charge in [-0.2, -0.15) is 0 Å². The lowest BCUT2D eigenvalue weighted by Crippen LogP contribution is -2.46. The molecule has 0 bridgehead atoms. The minimum absolute atomic E-state index is 0.341. The summed E-state index contributed by atoms with van der Waals surface area (Å²) < 4.78 is 6.73. The second kappa shape index (κ2) is 7.75. The summed E-state index contributed by atoms with van der Waals surface area (Å²) >= 11 is 5.63. The number of thiocarbonyl (C=S) groups is 1. The molecule has 27 heavy (non-hydrogen) atoms. The second-order valence-corrected chi connectivity index (χ2v) is 7.05. The van der Waals surface area contributed by atoms with Gasteiger partial charge in [0.2, 0.25) is 5.69 Å². The largest absolute Gasteiger partial charge is 0.432 e. The van der Waals surface area contributed by atoms with Crippen LogP contribution in [0.25, 0.3) is 5.69 Å². The molecule has 1 aliphatic carbocycles. The molecule has 1 fully saturated rings. The van der Waals surface area contributed by atoms with Crippen molar-refractivity contribution in [3.05, 3.63) is 82.3 Å². The Bertz CT molecular complexity index is 964. The summed E-state index contributed by atoms with van der Waals surface area (Å²) in [6.07, 6.45) is 2.27. The Morgan fingerprint density at radius 3 is 2.44 bits per heavy atom. The molecule has 1 saturated carbocycles. The molecule has 7 heteroatoms. The number of rotatable bonds is 6. The van der Waals surface area contributed by atoms with E-state index in [0.717, 1.165) is 24.1 Å². The van der Waals surface area contributed by atoms with Crippen molar-refractivity contribution in [3.63, 3.8) is 0 Å². The number of aromatic amines is 1. The second-order valence-electron chi connectivity index (χ2n) is 6.66. The number of nitrogens with zero attached hydrogens (tertiary/aromatic N) is 2. The van der Waals surface area contributed by atoms with Gasteiger partial charge >= 0.3 is 11.3 Å². The molecule has 0 saturated heterocycles. The van der Waals surface area contributed by atoms with Crippen LogP contribution < -0.4 is 15.6 Å². The minimum Gasteiger partial charge on any atom is -0.360 e. The molecule has 1 heterocycles. The smallest absolute Gasteiger partial charge is 0.360 e. The van der Waals surface area contributed by atoms with Crippen LogP contribution in [-0.4, -0.2) is 21.3 Å². The maximum atomic E-state index is 12.3. The number of nitrogens with one attached hydrogen (secondary N) is 2. The van der Waals surface area contributed by atoms with Gasteiger partial charge in [-0.3, -0.25) is 4.52 Å². The van der Waals surface area contributed by atoms with Gasteiger partial charge in [0.05, 0.1) is 0 Å². The SMILES string of the molecule is O=c1o[nH][n+](-c2ccccc2)c1CN(Cc1ccccc1)C(=S)NC1CC1. The Hall–Kier alpha value is -2.93. The van der Waals surface area contributed by atoms with Crippen LogP contribution in [0.15, 0.2) is 70.0 Å². The lowest BCUT2D eigenvalue weighted by Gasteiger charge is -2.24. The van der Waals surface area contributed by atoms with E-state index < -0.39 is 5.63 Å². The van der Waals surface area contributed by atoms with Crippen LogP contribution in [0.5, 0.6) is 0 Å². The number of hydrogen-bond donors (Lipinski definition) is 2. The molecule has 1 aliphatic rings. The Morgan fingerprint density at radius 1 is 1.11 bits per heavy atom. The molecular formula is C20H21N4O2S+. The molecule has 0 radical (unpaired) electrons. The molecule has 3 aromatic rings.